The van der Waals surface area contributed by atoms with Crippen LogP contribution in [0.4, 0.5) is 15.8 Å². The van der Waals surface area contributed by atoms with E-state index in [9.17, 15) is 9.18 Å². The standard InChI is InChI=1S/C23H24FN7O/c1-3-15-12-30(9-8-25-15)20-5-4-18(21-17(20)6-7-26-29-21)23(32)28-16-10-19(24)22-27-14(2)11-31(22)13-16/h4-7,10-11,13,15,25H,3,8-9,12H2,1-2H3,(H,28,32)/t15-/m0/s1. The van der Waals surface area contributed by atoms with Gasteiger partial charge < -0.3 is 19.9 Å². The highest BCUT2D eigenvalue weighted by atomic mass is 19.1. The number of aryl methyl sites for hydroxylation is 1. The molecule has 0 spiro atoms. The van der Waals surface area contributed by atoms with Gasteiger partial charge in [-0.3, -0.25) is 4.79 Å². The van der Waals surface area contributed by atoms with Crippen molar-refractivity contribution >= 4 is 33.8 Å². The predicted octanol–water partition coefficient (Wildman–Crippen LogP) is 3.17. The summed E-state index contributed by atoms with van der Waals surface area (Å²) in [6.45, 7) is 6.64. The van der Waals surface area contributed by atoms with Crippen molar-refractivity contribution in [3.05, 3.63) is 59.9 Å². The van der Waals surface area contributed by atoms with Crippen molar-refractivity contribution in [2.45, 2.75) is 26.3 Å². The van der Waals surface area contributed by atoms with Gasteiger partial charge >= 0.3 is 0 Å². The smallest absolute Gasteiger partial charge is 0.257 e. The molecule has 0 unspecified atom stereocenters. The minimum absolute atomic E-state index is 0.225. The second-order valence-electron chi connectivity index (χ2n) is 8.08. The van der Waals surface area contributed by atoms with E-state index in [1.807, 2.05) is 12.1 Å². The van der Waals surface area contributed by atoms with Crippen LogP contribution < -0.4 is 15.5 Å². The van der Waals surface area contributed by atoms with Gasteiger partial charge in [-0.25, -0.2) is 9.37 Å². The van der Waals surface area contributed by atoms with Crippen molar-refractivity contribution in [3.8, 4) is 0 Å². The van der Waals surface area contributed by atoms with Crippen LogP contribution in [-0.2, 0) is 0 Å². The minimum atomic E-state index is -0.500. The normalized spacial score (nSPS) is 16.6. The Morgan fingerprint density at radius 2 is 2.19 bits per heavy atom. The number of anilines is 2. The van der Waals surface area contributed by atoms with E-state index in [2.05, 4.69) is 37.6 Å². The number of carbonyl (C=O) groups is 1. The summed E-state index contributed by atoms with van der Waals surface area (Å²) in [6.07, 6.45) is 6.04. The Kier molecular flexibility index (Phi) is 5.18. The van der Waals surface area contributed by atoms with Crippen LogP contribution in [0, 0.1) is 12.7 Å². The van der Waals surface area contributed by atoms with Crippen LogP contribution in [0.2, 0.25) is 0 Å². The number of fused-ring (bicyclic) bond motifs is 2. The fourth-order valence-electron chi connectivity index (χ4n) is 4.29. The van der Waals surface area contributed by atoms with Gasteiger partial charge in [0.05, 0.1) is 23.1 Å². The van der Waals surface area contributed by atoms with Gasteiger partial charge in [0.15, 0.2) is 11.5 Å². The van der Waals surface area contributed by atoms with E-state index in [-0.39, 0.29) is 11.6 Å². The largest absolute Gasteiger partial charge is 0.368 e. The summed E-state index contributed by atoms with van der Waals surface area (Å²) in [7, 11) is 0. The number of benzene rings is 1. The second kappa shape index (κ2) is 8.16. The fraction of sp³-hybridized carbons (Fsp3) is 0.304. The summed E-state index contributed by atoms with van der Waals surface area (Å²) < 4.78 is 16.0. The zero-order valence-electron chi connectivity index (χ0n) is 18.0. The van der Waals surface area contributed by atoms with E-state index in [1.165, 1.54) is 6.07 Å². The molecule has 4 aromatic rings. The maximum Gasteiger partial charge on any atom is 0.257 e. The lowest BCUT2D eigenvalue weighted by atomic mass is 10.0. The van der Waals surface area contributed by atoms with Gasteiger partial charge in [-0.05, 0) is 31.5 Å². The van der Waals surface area contributed by atoms with Crippen LogP contribution in [0.1, 0.15) is 29.4 Å². The van der Waals surface area contributed by atoms with Gasteiger partial charge in [-0.2, -0.15) is 5.10 Å². The molecule has 1 amide bonds. The lowest BCUT2D eigenvalue weighted by molar-refractivity contribution is 0.102. The first kappa shape index (κ1) is 20.3. The number of nitrogens with one attached hydrogen (secondary N) is 2. The molecule has 0 aliphatic carbocycles. The molecule has 1 aliphatic heterocycles. The number of hydrogen-bond donors (Lipinski definition) is 2. The minimum Gasteiger partial charge on any atom is -0.368 e. The zero-order valence-corrected chi connectivity index (χ0v) is 18.0. The van der Waals surface area contributed by atoms with Gasteiger partial charge in [0.25, 0.3) is 5.91 Å². The van der Waals surface area contributed by atoms with E-state index in [4.69, 9.17) is 0 Å². The average molecular weight is 433 g/mol. The van der Waals surface area contributed by atoms with Crippen molar-refractivity contribution in [1.29, 1.82) is 0 Å². The Hall–Kier alpha value is -3.59. The topological polar surface area (TPSA) is 87.5 Å². The summed E-state index contributed by atoms with van der Waals surface area (Å²) in [4.78, 5) is 19.6. The number of hydrogen-bond acceptors (Lipinski definition) is 6. The Labute approximate surface area is 184 Å². The van der Waals surface area contributed by atoms with Crippen LogP contribution in [-0.4, -0.2) is 51.2 Å². The number of halogens is 1. The number of carbonyl (C=O) groups excluding carboxylic acids is 1. The van der Waals surface area contributed by atoms with E-state index in [1.54, 1.807) is 36.0 Å². The van der Waals surface area contributed by atoms with E-state index in [0.717, 1.165) is 37.1 Å². The van der Waals surface area contributed by atoms with Gasteiger partial charge in [-0.1, -0.05) is 6.92 Å². The Balaban J connectivity index is 1.49. The first-order chi connectivity index (χ1) is 15.5. The zero-order chi connectivity index (χ0) is 22.2. The molecular formula is C23H24FN7O. The average Bonchev–Trinajstić information content (AvgIpc) is 3.19. The first-order valence-corrected chi connectivity index (χ1v) is 10.7. The third kappa shape index (κ3) is 3.64. The molecule has 1 fully saturated rings. The molecule has 0 radical (unpaired) electrons. The van der Waals surface area contributed by atoms with Crippen molar-refractivity contribution in [3.63, 3.8) is 0 Å². The first-order valence-electron chi connectivity index (χ1n) is 10.7. The number of aromatic nitrogens is 4. The molecule has 1 saturated heterocycles. The fourth-order valence-corrected chi connectivity index (χ4v) is 4.29. The van der Waals surface area contributed by atoms with Crippen LogP contribution in [0.25, 0.3) is 16.6 Å². The van der Waals surface area contributed by atoms with Crippen LogP contribution >= 0.6 is 0 Å². The second-order valence-corrected chi connectivity index (χ2v) is 8.08. The van der Waals surface area contributed by atoms with Crippen molar-refractivity contribution in [2.75, 3.05) is 29.9 Å². The quantitative estimate of drug-likeness (QED) is 0.514. The third-order valence-electron chi connectivity index (χ3n) is 5.88. The highest BCUT2D eigenvalue weighted by Crippen LogP contribution is 2.29. The molecule has 0 bridgehead atoms. The number of nitrogens with zero attached hydrogens (tertiary/aromatic N) is 5. The van der Waals surface area contributed by atoms with Gasteiger partial charge in [0, 0.05) is 55.2 Å². The van der Waals surface area contributed by atoms with Gasteiger partial charge in [-0.15, -0.1) is 5.10 Å². The lowest BCUT2D eigenvalue weighted by Gasteiger charge is -2.35. The summed E-state index contributed by atoms with van der Waals surface area (Å²) in [5, 5.41) is 15.5. The lowest BCUT2D eigenvalue weighted by Crippen LogP contribution is -2.50. The van der Waals surface area contributed by atoms with Crippen molar-refractivity contribution in [1.82, 2.24) is 24.9 Å². The maximum absolute atomic E-state index is 14.4. The summed E-state index contributed by atoms with van der Waals surface area (Å²) in [5.74, 6) is -0.871. The maximum atomic E-state index is 14.4. The molecule has 3 aromatic heterocycles. The molecule has 1 atom stereocenters. The summed E-state index contributed by atoms with van der Waals surface area (Å²) in [5.41, 5.74) is 3.21. The van der Waals surface area contributed by atoms with Crippen LogP contribution in [0.5, 0.6) is 0 Å². The summed E-state index contributed by atoms with van der Waals surface area (Å²) in [6, 6.07) is 7.31. The highest BCUT2D eigenvalue weighted by Gasteiger charge is 2.22. The van der Waals surface area contributed by atoms with Crippen LogP contribution in [0.15, 0.2) is 42.9 Å². The van der Waals surface area contributed by atoms with Crippen molar-refractivity contribution in [2.24, 2.45) is 0 Å². The molecule has 9 heteroatoms. The molecule has 4 heterocycles. The number of imidazole rings is 1. The number of rotatable bonds is 4. The highest BCUT2D eigenvalue weighted by molar-refractivity contribution is 6.13. The number of pyridine rings is 1. The van der Waals surface area contributed by atoms with E-state index in [0.29, 0.717) is 28.5 Å². The number of piperazine rings is 1. The van der Waals surface area contributed by atoms with Gasteiger partial charge in [0.2, 0.25) is 0 Å². The Morgan fingerprint density at radius 1 is 1.31 bits per heavy atom. The predicted molar refractivity (Wildman–Crippen MR) is 122 cm³/mol. The Bertz CT molecular complexity index is 1320. The monoisotopic (exact) mass is 433 g/mol. The van der Waals surface area contributed by atoms with Crippen molar-refractivity contribution < 1.29 is 9.18 Å². The molecule has 8 nitrogen and oxygen atoms in total. The van der Waals surface area contributed by atoms with E-state index >= 15 is 0 Å². The molecule has 5 rings (SSSR count). The molecular weight excluding hydrogens is 409 g/mol. The van der Waals surface area contributed by atoms with Gasteiger partial charge in [0.1, 0.15) is 5.52 Å². The third-order valence-corrected chi connectivity index (χ3v) is 5.88. The molecule has 32 heavy (non-hydrogen) atoms. The molecule has 2 N–H and O–H groups in total. The Morgan fingerprint density at radius 3 is 3.03 bits per heavy atom. The SMILES string of the molecule is CC[C@H]1CN(c2ccc(C(=O)Nc3cc(F)c4nc(C)cn4c3)c3nnccc23)CCN1. The number of amides is 1. The molecule has 1 aromatic carbocycles. The summed E-state index contributed by atoms with van der Waals surface area (Å²) >= 11 is 0. The molecule has 0 saturated carbocycles. The molecule has 1 aliphatic rings. The molecule has 164 valence electrons. The van der Waals surface area contributed by atoms with E-state index < -0.39 is 5.82 Å². The van der Waals surface area contributed by atoms with Crippen LogP contribution in [0.3, 0.4) is 0 Å².